The van der Waals surface area contributed by atoms with Crippen molar-refractivity contribution in [3.8, 4) is 0 Å². The van der Waals surface area contributed by atoms with Gasteiger partial charge in [-0.25, -0.2) is 9.98 Å². The molecule has 25 heavy (non-hydrogen) atoms. The van der Waals surface area contributed by atoms with Gasteiger partial charge in [0.1, 0.15) is 24.6 Å². The predicted octanol–water partition coefficient (Wildman–Crippen LogP) is 3.19. The number of allylic oxidation sites excluding steroid dienone is 1. The summed E-state index contributed by atoms with van der Waals surface area (Å²) in [4.78, 5) is 11.2. The van der Waals surface area contributed by atoms with Crippen molar-refractivity contribution in [1.29, 1.82) is 0 Å². The quantitative estimate of drug-likeness (QED) is 0.839. The van der Waals surface area contributed by atoms with E-state index in [9.17, 15) is 5.11 Å². The molecule has 0 fully saturated rings. The number of aliphatic hydroxyl groups is 1. The van der Waals surface area contributed by atoms with Gasteiger partial charge in [-0.3, -0.25) is 0 Å². The summed E-state index contributed by atoms with van der Waals surface area (Å²) in [6.07, 6.45) is 4.58. The maximum Gasteiger partial charge on any atom is 0.221 e. The first-order valence-corrected chi connectivity index (χ1v) is 8.80. The monoisotopic (exact) mass is 399 g/mol. The van der Waals surface area contributed by atoms with Crippen LogP contribution in [0.1, 0.15) is 17.9 Å². The van der Waals surface area contributed by atoms with Crippen molar-refractivity contribution in [3.05, 3.63) is 63.4 Å². The number of rotatable bonds is 2. The highest BCUT2D eigenvalue weighted by Crippen LogP contribution is 2.40. The van der Waals surface area contributed by atoms with Gasteiger partial charge in [-0.1, -0.05) is 0 Å². The molecule has 0 bridgehead atoms. The summed E-state index contributed by atoms with van der Waals surface area (Å²) in [5.74, 6) is 1.22. The molecule has 6 nitrogen and oxygen atoms in total. The number of hydrogen-bond donors (Lipinski definition) is 1. The van der Waals surface area contributed by atoms with E-state index in [4.69, 9.17) is 14.1 Å². The summed E-state index contributed by atoms with van der Waals surface area (Å²) in [5.41, 5.74) is 5.88. The van der Waals surface area contributed by atoms with Crippen molar-refractivity contribution in [2.24, 2.45) is 4.99 Å². The highest BCUT2D eigenvalue weighted by molar-refractivity contribution is 9.12. The van der Waals surface area contributed by atoms with Gasteiger partial charge in [-0.2, -0.15) is 0 Å². The van der Waals surface area contributed by atoms with Crippen LogP contribution in [-0.4, -0.2) is 34.0 Å². The van der Waals surface area contributed by atoms with Crippen molar-refractivity contribution in [2.75, 3.05) is 13.2 Å². The van der Waals surface area contributed by atoms with E-state index < -0.39 is 0 Å². The molecule has 0 aliphatic carbocycles. The predicted molar refractivity (Wildman–Crippen MR) is 95.9 cm³/mol. The van der Waals surface area contributed by atoms with E-state index >= 15 is 0 Å². The standard InChI is InChI=1S/C18H14BrN3O3/c19-13-9-24-8-11-3-4-22-17(11)12(13)6-20-18(22)10-1-2-15-14(5-10)21-16(7-23)25-15/h1-2,5-6,9,23H,3-4,7-8H2. The van der Waals surface area contributed by atoms with Gasteiger partial charge in [0.2, 0.25) is 5.89 Å². The molecule has 0 saturated heterocycles. The molecule has 1 aromatic heterocycles. The summed E-state index contributed by atoms with van der Waals surface area (Å²) in [7, 11) is 0. The average Bonchev–Trinajstić information content (AvgIpc) is 3.20. The van der Waals surface area contributed by atoms with Crippen LogP contribution < -0.4 is 0 Å². The Kier molecular flexibility index (Phi) is 3.33. The van der Waals surface area contributed by atoms with Gasteiger partial charge in [-0.15, -0.1) is 0 Å². The van der Waals surface area contributed by atoms with Crippen LogP contribution in [0.25, 0.3) is 11.1 Å². The topological polar surface area (TPSA) is 71.1 Å². The molecular weight excluding hydrogens is 386 g/mol. The molecule has 4 heterocycles. The summed E-state index contributed by atoms with van der Waals surface area (Å²) >= 11 is 3.57. The summed E-state index contributed by atoms with van der Waals surface area (Å²) in [6.45, 7) is 1.27. The molecule has 0 atom stereocenters. The van der Waals surface area contributed by atoms with Crippen molar-refractivity contribution >= 4 is 32.9 Å². The van der Waals surface area contributed by atoms with Crippen LogP contribution in [0.15, 0.2) is 61.4 Å². The molecule has 0 radical (unpaired) electrons. The molecule has 126 valence electrons. The number of nitrogens with zero attached hydrogens (tertiary/aromatic N) is 3. The van der Waals surface area contributed by atoms with Gasteiger partial charge in [0.25, 0.3) is 0 Å². The fraction of sp³-hybridized carbons (Fsp3) is 0.222. The van der Waals surface area contributed by atoms with E-state index in [0.717, 1.165) is 39.9 Å². The Morgan fingerprint density at radius 3 is 3.12 bits per heavy atom. The molecule has 0 spiro atoms. The van der Waals surface area contributed by atoms with E-state index in [2.05, 4.69) is 25.8 Å². The van der Waals surface area contributed by atoms with Crippen LogP contribution >= 0.6 is 15.9 Å². The third kappa shape index (κ3) is 2.26. The Morgan fingerprint density at radius 1 is 1.32 bits per heavy atom. The lowest BCUT2D eigenvalue weighted by atomic mass is 10.1. The zero-order valence-corrected chi connectivity index (χ0v) is 14.8. The number of ether oxygens (including phenoxy) is 1. The maximum absolute atomic E-state index is 9.20. The number of halogens is 1. The number of oxazole rings is 1. The fourth-order valence-corrected chi connectivity index (χ4v) is 3.90. The third-order valence-electron chi connectivity index (χ3n) is 4.60. The second-order valence-electron chi connectivity index (χ2n) is 6.07. The lowest BCUT2D eigenvalue weighted by molar-refractivity contribution is 0.244. The molecule has 0 unspecified atom stereocenters. The molecule has 0 saturated carbocycles. The fourth-order valence-electron chi connectivity index (χ4n) is 3.48. The number of hydrogen-bond acceptors (Lipinski definition) is 6. The normalized spacial score (nSPS) is 19.3. The van der Waals surface area contributed by atoms with Gasteiger partial charge in [0, 0.05) is 23.9 Å². The second kappa shape index (κ2) is 5.57. The van der Waals surface area contributed by atoms with Crippen molar-refractivity contribution in [1.82, 2.24) is 9.88 Å². The molecule has 0 amide bonds. The largest absolute Gasteiger partial charge is 0.496 e. The molecule has 7 heteroatoms. The Bertz CT molecular complexity index is 1020. The average molecular weight is 400 g/mol. The minimum absolute atomic E-state index is 0.209. The van der Waals surface area contributed by atoms with Crippen LogP contribution in [0.5, 0.6) is 0 Å². The minimum atomic E-state index is -0.209. The first-order chi connectivity index (χ1) is 12.2. The highest BCUT2D eigenvalue weighted by atomic mass is 79.9. The SMILES string of the molecule is OCc1nc2cc(C3=NC=C4C(Br)=COCC5=C4N3CC5)ccc2o1. The summed E-state index contributed by atoms with van der Waals surface area (Å²) in [6, 6.07) is 5.80. The van der Waals surface area contributed by atoms with E-state index in [1.165, 1.54) is 11.3 Å². The second-order valence-corrected chi connectivity index (χ2v) is 6.93. The molecule has 3 aliphatic heterocycles. The van der Waals surface area contributed by atoms with E-state index in [1.54, 1.807) is 6.26 Å². The van der Waals surface area contributed by atoms with E-state index in [1.807, 2.05) is 24.4 Å². The van der Waals surface area contributed by atoms with E-state index in [0.29, 0.717) is 18.1 Å². The van der Waals surface area contributed by atoms with Crippen LogP contribution in [-0.2, 0) is 11.3 Å². The van der Waals surface area contributed by atoms with E-state index in [-0.39, 0.29) is 6.61 Å². The molecular formula is C18H14BrN3O3. The Balaban J connectivity index is 1.63. The van der Waals surface area contributed by atoms with Crippen LogP contribution in [0, 0.1) is 0 Å². The molecule has 5 rings (SSSR count). The number of benzene rings is 1. The summed E-state index contributed by atoms with van der Waals surface area (Å²) < 4.78 is 12.0. The van der Waals surface area contributed by atoms with Crippen molar-refractivity contribution in [3.63, 3.8) is 0 Å². The Labute approximate surface area is 151 Å². The zero-order chi connectivity index (χ0) is 17.0. The molecule has 2 aromatic rings. The molecule has 3 aliphatic rings. The molecule has 1 N–H and O–H groups in total. The number of aliphatic hydroxyl groups excluding tert-OH is 1. The summed E-state index contributed by atoms with van der Waals surface area (Å²) in [5, 5.41) is 9.20. The van der Waals surface area contributed by atoms with Gasteiger partial charge < -0.3 is 19.2 Å². The number of fused-ring (bicyclic) bond motifs is 1. The minimum Gasteiger partial charge on any atom is -0.496 e. The van der Waals surface area contributed by atoms with Crippen molar-refractivity contribution < 1.29 is 14.3 Å². The number of aromatic nitrogens is 1. The lowest BCUT2D eigenvalue weighted by Gasteiger charge is -2.28. The Hall–Kier alpha value is -2.38. The van der Waals surface area contributed by atoms with Crippen LogP contribution in [0.2, 0.25) is 0 Å². The first-order valence-electron chi connectivity index (χ1n) is 8.01. The van der Waals surface area contributed by atoms with Gasteiger partial charge in [-0.05, 0) is 46.1 Å². The lowest BCUT2D eigenvalue weighted by Crippen LogP contribution is -2.31. The smallest absolute Gasteiger partial charge is 0.221 e. The Morgan fingerprint density at radius 2 is 2.24 bits per heavy atom. The maximum atomic E-state index is 9.20. The first kappa shape index (κ1) is 14.9. The molecule has 1 aromatic carbocycles. The zero-order valence-electron chi connectivity index (χ0n) is 13.2. The van der Waals surface area contributed by atoms with Crippen LogP contribution in [0.4, 0.5) is 0 Å². The third-order valence-corrected chi connectivity index (χ3v) is 5.21. The highest BCUT2D eigenvalue weighted by Gasteiger charge is 2.34. The van der Waals surface area contributed by atoms with Gasteiger partial charge in [0.05, 0.1) is 16.4 Å². The van der Waals surface area contributed by atoms with Gasteiger partial charge >= 0.3 is 0 Å². The van der Waals surface area contributed by atoms with Crippen molar-refractivity contribution in [2.45, 2.75) is 13.0 Å². The number of amidine groups is 1. The van der Waals surface area contributed by atoms with Gasteiger partial charge in [0.15, 0.2) is 5.58 Å². The number of aliphatic imine (C=N–C) groups is 1. The van der Waals surface area contributed by atoms with Crippen LogP contribution in [0.3, 0.4) is 0 Å².